The van der Waals surface area contributed by atoms with Crippen LogP contribution in [-0.4, -0.2) is 36.2 Å². The van der Waals surface area contributed by atoms with E-state index in [0.29, 0.717) is 25.4 Å². The smallest absolute Gasteiger partial charge is 0.307 e. The van der Waals surface area contributed by atoms with E-state index in [0.717, 1.165) is 19.4 Å². The van der Waals surface area contributed by atoms with Gasteiger partial charge in [0.25, 0.3) is 0 Å². The van der Waals surface area contributed by atoms with Crippen molar-refractivity contribution >= 4 is 11.9 Å². The van der Waals surface area contributed by atoms with Crippen LogP contribution in [0.15, 0.2) is 0 Å². The van der Waals surface area contributed by atoms with Crippen molar-refractivity contribution in [3.05, 3.63) is 0 Å². The van der Waals surface area contributed by atoms with E-state index < -0.39 is 11.9 Å². The molecule has 0 aromatic carbocycles. The van der Waals surface area contributed by atoms with Crippen LogP contribution in [0.4, 0.5) is 0 Å². The second-order valence-electron chi connectivity index (χ2n) is 5.55. The molecule has 1 aliphatic heterocycles. The molecule has 18 heavy (non-hydrogen) atoms. The molecule has 0 aromatic heterocycles. The maximum atomic E-state index is 12.1. The van der Waals surface area contributed by atoms with Crippen LogP contribution < -0.4 is 5.32 Å². The van der Waals surface area contributed by atoms with E-state index in [2.05, 4.69) is 5.32 Å². The van der Waals surface area contributed by atoms with Gasteiger partial charge in [-0.15, -0.1) is 0 Å². The van der Waals surface area contributed by atoms with E-state index in [1.54, 1.807) is 0 Å². The molecule has 5 heteroatoms. The average Bonchev–Trinajstić information content (AvgIpc) is 2.73. The Hall–Kier alpha value is -1.10. The number of ether oxygens (including phenoxy) is 1. The highest BCUT2D eigenvalue weighted by Crippen LogP contribution is 2.36. The molecule has 1 saturated heterocycles. The Labute approximate surface area is 107 Å². The third-order valence-corrected chi connectivity index (χ3v) is 3.96. The highest BCUT2D eigenvalue weighted by Gasteiger charge is 2.41. The lowest BCUT2D eigenvalue weighted by molar-refractivity contribution is -0.146. The van der Waals surface area contributed by atoms with Crippen molar-refractivity contribution in [1.29, 1.82) is 0 Å². The van der Waals surface area contributed by atoms with Gasteiger partial charge in [0, 0.05) is 6.61 Å². The van der Waals surface area contributed by atoms with Gasteiger partial charge in [0.15, 0.2) is 0 Å². The molecule has 0 aromatic rings. The fourth-order valence-electron chi connectivity index (χ4n) is 3.02. The van der Waals surface area contributed by atoms with Gasteiger partial charge in [0.05, 0.1) is 24.5 Å². The Morgan fingerprint density at radius 2 is 2.00 bits per heavy atom. The lowest BCUT2D eigenvalue weighted by Gasteiger charge is -2.25. The number of carbonyl (C=O) groups excluding carboxylic acids is 1. The molecule has 2 N–H and O–H groups in total. The number of nitrogens with one attached hydrogen (secondary N) is 1. The number of rotatable bonds is 3. The zero-order valence-electron chi connectivity index (χ0n) is 10.7. The minimum atomic E-state index is -0.848. The Kier molecular flexibility index (Phi) is 4.22. The second kappa shape index (κ2) is 5.69. The van der Waals surface area contributed by atoms with Gasteiger partial charge >= 0.3 is 5.97 Å². The molecule has 2 fully saturated rings. The second-order valence-corrected chi connectivity index (χ2v) is 5.55. The number of hydrogen-bond acceptors (Lipinski definition) is 3. The minimum Gasteiger partial charge on any atom is -0.481 e. The zero-order valence-corrected chi connectivity index (χ0v) is 10.7. The van der Waals surface area contributed by atoms with Gasteiger partial charge in [-0.3, -0.25) is 9.59 Å². The van der Waals surface area contributed by atoms with Crippen molar-refractivity contribution in [2.24, 2.45) is 17.8 Å². The molecule has 5 nitrogen and oxygen atoms in total. The molecule has 0 bridgehead atoms. The number of carboxylic acids is 1. The molecular formula is C13H21NO4. The van der Waals surface area contributed by atoms with Crippen LogP contribution in [0.3, 0.4) is 0 Å². The standard InChI is InChI=1S/C13H21NO4/c1-8-5-10(11(6-8)13(16)17)12(15)14-9-3-2-4-18-7-9/h8-11H,2-7H2,1H3,(H,14,15)(H,16,17)/t8?,9?,10-,11+/m0/s1. The SMILES string of the molecule is CC1C[C@H](C(=O)NC2CCCOC2)[C@H](C(=O)O)C1. The Morgan fingerprint density at radius 1 is 1.28 bits per heavy atom. The molecule has 1 saturated carbocycles. The Bertz CT molecular complexity index is 325. The van der Waals surface area contributed by atoms with Gasteiger partial charge in [-0.25, -0.2) is 0 Å². The average molecular weight is 255 g/mol. The summed E-state index contributed by atoms with van der Waals surface area (Å²) in [5, 5.41) is 12.1. The molecule has 0 radical (unpaired) electrons. The van der Waals surface area contributed by atoms with Crippen LogP contribution in [0.25, 0.3) is 0 Å². The molecule has 102 valence electrons. The van der Waals surface area contributed by atoms with Crippen LogP contribution in [0.1, 0.15) is 32.6 Å². The van der Waals surface area contributed by atoms with Crippen LogP contribution in [0, 0.1) is 17.8 Å². The zero-order chi connectivity index (χ0) is 13.1. The van der Waals surface area contributed by atoms with E-state index in [1.165, 1.54) is 0 Å². The first-order valence-electron chi connectivity index (χ1n) is 6.69. The summed E-state index contributed by atoms with van der Waals surface area (Å²) >= 11 is 0. The third kappa shape index (κ3) is 3.02. The van der Waals surface area contributed by atoms with Crippen LogP contribution >= 0.6 is 0 Å². The van der Waals surface area contributed by atoms with Gasteiger partial charge in [-0.1, -0.05) is 6.92 Å². The Morgan fingerprint density at radius 3 is 2.61 bits per heavy atom. The van der Waals surface area contributed by atoms with Gasteiger partial charge < -0.3 is 15.2 Å². The van der Waals surface area contributed by atoms with Gasteiger partial charge in [-0.2, -0.15) is 0 Å². The highest BCUT2D eigenvalue weighted by molar-refractivity contribution is 5.85. The highest BCUT2D eigenvalue weighted by atomic mass is 16.5. The van der Waals surface area contributed by atoms with Crippen molar-refractivity contribution in [2.75, 3.05) is 13.2 Å². The molecular weight excluding hydrogens is 234 g/mol. The van der Waals surface area contributed by atoms with Crippen molar-refractivity contribution in [3.63, 3.8) is 0 Å². The van der Waals surface area contributed by atoms with E-state index >= 15 is 0 Å². The van der Waals surface area contributed by atoms with Crippen molar-refractivity contribution in [1.82, 2.24) is 5.32 Å². The Balaban J connectivity index is 1.92. The topological polar surface area (TPSA) is 75.6 Å². The van der Waals surface area contributed by atoms with Crippen molar-refractivity contribution < 1.29 is 19.4 Å². The molecule has 1 heterocycles. The third-order valence-electron chi connectivity index (χ3n) is 3.96. The van der Waals surface area contributed by atoms with Crippen molar-refractivity contribution in [2.45, 2.75) is 38.6 Å². The maximum absolute atomic E-state index is 12.1. The minimum absolute atomic E-state index is 0.0524. The summed E-state index contributed by atoms with van der Waals surface area (Å²) in [5.74, 6) is -1.55. The maximum Gasteiger partial charge on any atom is 0.307 e. The van der Waals surface area contributed by atoms with Gasteiger partial charge in [-0.05, 0) is 31.6 Å². The van der Waals surface area contributed by atoms with Gasteiger partial charge in [0.1, 0.15) is 0 Å². The fraction of sp³-hybridized carbons (Fsp3) is 0.846. The molecule has 2 unspecified atom stereocenters. The lowest BCUT2D eigenvalue weighted by atomic mass is 9.95. The summed E-state index contributed by atoms with van der Waals surface area (Å²) in [6.07, 6.45) is 3.16. The quantitative estimate of drug-likeness (QED) is 0.789. The largest absolute Gasteiger partial charge is 0.481 e. The summed E-state index contributed by atoms with van der Waals surface area (Å²) in [6.45, 7) is 3.31. The summed E-state index contributed by atoms with van der Waals surface area (Å²) in [6, 6.07) is 0.0524. The predicted molar refractivity (Wildman–Crippen MR) is 65.0 cm³/mol. The molecule has 1 amide bonds. The fourth-order valence-corrected chi connectivity index (χ4v) is 3.02. The number of amides is 1. The molecule has 2 aliphatic rings. The normalized spacial score (nSPS) is 36.3. The van der Waals surface area contributed by atoms with Gasteiger partial charge in [0.2, 0.25) is 5.91 Å². The molecule has 4 atom stereocenters. The summed E-state index contributed by atoms with van der Waals surface area (Å²) in [5.41, 5.74) is 0. The number of carboxylic acid groups (broad SMARTS) is 1. The predicted octanol–water partition coefficient (Wildman–Crippen LogP) is 1.03. The van der Waals surface area contributed by atoms with Crippen LogP contribution in [-0.2, 0) is 14.3 Å². The van der Waals surface area contributed by atoms with E-state index in [9.17, 15) is 9.59 Å². The monoisotopic (exact) mass is 255 g/mol. The van der Waals surface area contributed by atoms with Crippen LogP contribution in [0.5, 0.6) is 0 Å². The van der Waals surface area contributed by atoms with Crippen LogP contribution in [0.2, 0.25) is 0 Å². The summed E-state index contributed by atoms with van der Waals surface area (Å²) < 4.78 is 5.31. The van der Waals surface area contributed by atoms with E-state index in [1.807, 2.05) is 6.92 Å². The number of hydrogen-bond donors (Lipinski definition) is 2. The first kappa shape index (κ1) is 13.3. The first-order chi connectivity index (χ1) is 8.58. The molecule has 0 spiro atoms. The molecule has 1 aliphatic carbocycles. The first-order valence-corrected chi connectivity index (χ1v) is 6.69. The summed E-state index contributed by atoms with van der Waals surface area (Å²) in [4.78, 5) is 23.3. The lowest BCUT2D eigenvalue weighted by Crippen LogP contribution is -2.44. The number of carbonyl (C=O) groups is 2. The number of aliphatic carboxylic acids is 1. The molecule has 2 rings (SSSR count). The van der Waals surface area contributed by atoms with E-state index in [-0.39, 0.29) is 17.9 Å². The van der Waals surface area contributed by atoms with Crippen molar-refractivity contribution in [3.8, 4) is 0 Å². The van der Waals surface area contributed by atoms with E-state index in [4.69, 9.17) is 9.84 Å². The summed E-state index contributed by atoms with van der Waals surface area (Å²) in [7, 11) is 0.